The third-order valence-corrected chi connectivity index (χ3v) is 7.29. The number of nitrogens with one attached hydrogen (secondary N) is 2. The van der Waals surface area contributed by atoms with Crippen molar-refractivity contribution in [1.29, 1.82) is 0 Å². The van der Waals surface area contributed by atoms with Crippen LogP contribution in [0, 0.1) is 37.0 Å². The maximum Gasteiger partial charge on any atom is 0.308 e. The number of carbonyl (C=O) groups excluding carboxylic acids is 3. The maximum absolute atomic E-state index is 12.9. The summed E-state index contributed by atoms with van der Waals surface area (Å²) in [5.41, 5.74) is 2.71. The highest BCUT2D eigenvalue weighted by molar-refractivity contribution is 5.93. The minimum atomic E-state index is -0.476. The highest BCUT2D eigenvalue weighted by Gasteiger charge is 2.54. The molecule has 4 aliphatic rings. The summed E-state index contributed by atoms with van der Waals surface area (Å²) in [6.45, 7) is 3.92. The topological polar surface area (TPSA) is 84.5 Å². The fourth-order valence-electron chi connectivity index (χ4n) is 6.09. The molecule has 0 spiro atoms. The lowest BCUT2D eigenvalue weighted by atomic mass is 9.49. The molecule has 4 aliphatic carbocycles. The Labute approximate surface area is 178 Å². The van der Waals surface area contributed by atoms with Crippen molar-refractivity contribution in [2.45, 2.75) is 58.8 Å². The molecule has 5 rings (SSSR count). The van der Waals surface area contributed by atoms with E-state index in [1.54, 1.807) is 0 Å². The van der Waals surface area contributed by atoms with Crippen LogP contribution in [-0.2, 0) is 19.1 Å². The van der Waals surface area contributed by atoms with Gasteiger partial charge >= 0.3 is 5.97 Å². The van der Waals surface area contributed by atoms with E-state index in [-0.39, 0.29) is 36.8 Å². The number of carbonyl (C=O) groups is 3. The first-order chi connectivity index (χ1) is 14.3. The number of aryl methyl sites for hydroxylation is 2. The predicted molar refractivity (Wildman–Crippen MR) is 114 cm³/mol. The second-order valence-electron chi connectivity index (χ2n) is 9.71. The summed E-state index contributed by atoms with van der Waals surface area (Å²) in [5, 5.41) is 5.70. The Balaban J connectivity index is 1.17. The van der Waals surface area contributed by atoms with E-state index in [9.17, 15) is 14.4 Å². The zero-order valence-electron chi connectivity index (χ0n) is 18.0. The lowest BCUT2D eigenvalue weighted by Gasteiger charge is -2.55. The quantitative estimate of drug-likeness (QED) is 0.671. The molecule has 6 nitrogen and oxygen atoms in total. The zero-order chi connectivity index (χ0) is 21.3. The van der Waals surface area contributed by atoms with E-state index in [2.05, 4.69) is 10.6 Å². The van der Waals surface area contributed by atoms with Crippen LogP contribution in [0.3, 0.4) is 0 Å². The minimum Gasteiger partial charge on any atom is -0.456 e. The van der Waals surface area contributed by atoms with Gasteiger partial charge in [-0.25, -0.2) is 0 Å². The molecule has 1 aromatic rings. The molecule has 0 aliphatic heterocycles. The second kappa shape index (κ2) is 8.40. The maximum atomic E-state index is 12.9. The molecule has 0 aromatic heterocycles. The van der Waals surface area contributed by atoms with Crippen molar-refractivity contribution in [2.75, 3.05) is 18.5 Å². The average molecular weight is 413 g/mol. The molecule has 6 heteroatoms. The van der Waals surface area contributed by atoms with Crippen LogP contribution in [0.4, 0.5) is 5.69 Å². The van der Waals surface area contributed by atoms with Crippen molar-refractivity contribution in [3.63, 3.8) is 0 Å². The normalized spacial score (nSPS) is 28.8. The van der Waals surface area contributed by atoms with E-state index in [1.807, 2.05) is 32.0 Å². The van der Waals surface area contributed by atoms with Crippen LogP contribution in [0.15, 0.2) is 18.2 Å². The van der Waals surface area contributed by atoms with Crippen molar-refractivity contribution in [3.05, 3.63) is 29.3 Å². The Morgan fingerprint density at radius 1 is 1.00 bits per heavy atom. The van der Waals surface area contributed by atoms with Crippen LogP contribution >= 0.6 is 0 Å². The number of anilines is 1. The van der Waals surface area contributed by atoms with Gasteiger partial charge < -0.3 is 15.4 Å². The van der Waals surface area contributed by atoms with Crippen LogP contribution in [-0.4, -0.2) is 30.9 Å². The molecule has 0 heterocycles. The summed E-state index contributed by atoms with van der Waals surface area (Å²) in [6, 6.07) is 5.64. The first-order valence-corrected chi connectivity index (χ1v) is 11.1. The van der Waals surface area contributed by atoms with Gasteiger partial charge in [0.1, 0.15) is 0 Å². The fourth-order valence-corrected chi connectivity index (χ4v) is 6.09. The summed E-state index contributed by atoms with van der Waals surface area (Å²) in [5.74, 6) is 1.40. The molecular formula is C24H32N2O4. The van der Waals surface area contributed by atoms with E-state index in [0.29, 0.717) is 23.4 Å². The number of esters is 1. The van der Waals surface area contributed by atoms with Gasteiger partial charge in [0.25, 0.3) is 5.91 Å². The lowest BCUT2D eigenvalue weighted by Crippen LogP contribution is -2.53. The molecule has 2 N–H and O–H groups in total. The van der Waals surface area contributed by atoms with Gasteiger partial charge in [0.15, 0.2) is 6.61 Å². The molecule has 0 atom stereocenters. The van der Waals surface area contributed by atoms with Crippen molar-refractivity contribution in [1.82, 2.24) is 5.32 Å². The van der Waals surface area contributed by atoms with Gasteiger partial charge in [-0.2, -0.15) is 0 Å². The average Bonchev–Trinajstić information content (AvgIpc) is 2.68. The highest BCUT2D eigenvalue weighted by Crippen LogP contribution is 2.60. The second-order valence-corrected chi connectivity index (χ2v) is 9.71. The molecule has 0 unspecified atom stereocenters. The predicted octanol–water partition coefficient (Wildman–Crippen LogP) is 3.51. The standard InChI is InChI=1S/C24H32N2O4/c1-15-3-4-20(7-16(15)2)26-21(27)14-30-22(28)5-6-25-23(29)24-11-17-8-18(12-24)10-19(9-17)13-24/h3-4,7,17-19H,5-6,8-14H2,1-2H3,(H,25,29)(H,26,27). The molecule has 1 aromatic carbocycles. The van der Waals surface area contributed by atoms with Crippen LogP contribution in [0.25, 0.3) is 0 Å². The molecule has 4 saturated carbocycles. The van der Waals surface area contributed by atoms with Gasteiger partial charge in [-0.3, -0.25) is 14.4 Å². The smallest absolute Gasteiger partial charge is 0.308 e. The molecule has 2 amide bonds. The van der Waals surface area contributed by atoms with Gasteiger partial charge in [0.05, 0.1) is 6.42 Å². The van der Waals surface area contributed by atoms with Crippen LogP contribution in [0.2, 0.25) is 0 Å². The lowest BCUT2D eigenvalue weighted by molar-refractivity contribution is -0.148. The van der Waals surface area contributed by atoms with E-state index in [0.717, 1.165) is 30.4 Å². The molecule has 4 bridgehead atoms. The van der Waals surface area contributed by atoms with E-state index in [1.165, 1.54) is 19.3 Å². The number of benzene rings is 1. The monoisotopic (exact) mass is 412 g/mol. The number of amides is 2. The summed E-state index contributed by atoms with van der Waals surface area (Å²) in [6.07, 6.45) is 6.99. The van der Waals surface area contributed by atoms with E-state index in [4.69, 9.17) is 4.74 Å². The summed E-state index contributed by atoms with van der Waals surface area (Å²) in [7, 11) is 0. The number of ether oxygens (including phenoxy) is 1. The van der Waals surface area contributed by atoms with Gasteiger partial charge in [0, 0.05) is 17.6 Å². The molecule has 4 fully saturated rings. The first-order valence-electron chi connectivity index (χ1n) is 11.1. The van der Waals surface area contributed by atoms with Crippen molar-refractivity contribution in [3.8, 4) is 0 Å². The van der Waals surface area contributed by atoms with Crippen molar-refractivity contribution in [2.24, 2.45) is 23.2 Å². The Kier molecular flexibility index (Phi) is 5.85. The zero-order valence-corrected chi connectivity index (χ0v) is 18.0. The first kappa shape index (κ1) is 20.9. The number of hydrogen-bond acceptors (Lipinski definition) is 4. The van der Waals surface area contributed by atoms with E-state index >= 15 is 0 Å². The Hall–Kier alpha value is -2.37. The van der Waals surface area contributed by atoms with Crippen molar-refractivity contribution >= 4 is 23.5 Å². The Morgan fingerprint density at radius 2 is 1.63 bits per heavy atom. The Bertz CT molecular complexity index is 812. The SMILES string of the molecule is Cc1ccc(NC(=O)COC(=O)CCNC(=O)C23CC4CC(CC(C4)C2)C3)cc1C. The number of rotatable bonds is 7. The highest BCUT2D eigenvalue weighted by atomic mass is 16.5. The summed E-state index contributed by atoms with van der Waals surface area (Å²) >= 11 is 0. The number of hydrogen-bond donors (Lipinski definition) is 2. The molecule has 162 valence electrons. The third-order valence-electron chi connectivity index (χ3n) is 7.29. The van der Waals surface area contributed by atoms with Crippen LogP contribution in [0.5, 0.6) is 0 Å². The summed E-state index contributed by atoms with van der Waals surface area (Å²) in [4.78, 5) is 36.8. The van der Waals surface area contributed by atoms with E-state index < -0.39 is 5.97 Å². The minimum absolute atomic E-state index is 0.0784. The van der Waals surface area contributed by atoms with Gasteiger partial charge in [-0.1, -0.05) is 6.07 Å². The van der Waals surface area contributed by atoms with Crippen molar-refractivity contribution < 1.29 is 19.1 Å². The molecule has 0 saturated heterocycles. The molecule has 30 heavy (non-hydrogen) atoms. The third kappa shape index (κ3) is 4.52. The van der Waals surface area contributed by atoms with Gasteiger partial charge in [0.2, 0.25) is 5.91 Å². The van der Waals surface area contributed by atoms with Gasteiger partial charge in [-0.15, -0.1) is 0 Å². The molecule has 0 radical (unpaired) electrons. The van der Waals surface area contributed by atoms with Crippen LogP contribution < -0.4 is 10.6 Å². The van der Waals surface area contributed by atoms with Gasteiger partial charge in [-0.05, 0) is 93.4 Å². The fraction of sp³-hybridized carbons (Fsp3) is 0.625. The summed E-state index contributed by atoms with van der Waals surface area (Å²) < 4.78 is 5.06. The Morgan fingerprint density at radius 3 is 2.23 bits per heavy atom. The molecular weight excluding hydrogens is 380 g/mol. The van der Waals surface area contributed by atoms with Crippen LogP contribution in [0.1, 0.15) is 56.1 Å². The largest absolute Gasteiger partial charge is 0.456 e.